The average molecular weight is 296 g/mol. The van der Waals surface area contributed by atoms with E-state index in [0.717, 1.165) is 25.8 Å². The van der Waals surface area contributed by atoms with Crippen LogP contribution in [0.15, 0.2) is 0 Å². The molecule has 1 amide bonds. The molecule has 1 rings (SSSR count). The van der Waals surface area contributed by atoms with Crippen molar-refractivity contribution in [2.45, 2.75) is 57.3 Å². The van der Waals surface area contributed by atoms with E-state index in [4.69, 9.17) is 4.74 Å². The number of halogens is 3. The number of rotatable bonds is 7. The maximum Gasteiger partial charge on any atom is 0.411 e. The number of ether oxygens (including phenoxy) is 1. The van der Waals surface area contributed by atoms with E-state index in [1.165, 1.54) is 0 Å². The fraction of sp³-hybridized carbons (Fsp3) is 0.923. The molecule has 1 aliphatic rings. The van der Waals surface area contributed by atoms with Crippen molar-refractivity contribution in [3.8, 4) is 0 Å². The molecule has 2 N–H and O–H groups in total. The van der Waals surface area contributed by atoms with Gasteiger partial charge in [0.05, 0.1) is 12.6 Å². The summed E-state index contributed by atoms with van der Waals surface area (Å²) in [7, 11) is 0. The minimum atomic E-state index is -4.29. The molecule has 1 saturated carbocycles. The molecule has 2 atom stereocenters. The van der Waals surface area contributed by atoms with Crippen LogP contribution in [-0.2, 0) is 9.53 Å². The number of carbonyl (C=O) groups excluding carboxylic acids is 1. The first-order valence-electron chi connectivity index (χ1n) is 7.09. The Morgan fingerprint density at radius 2 is 2.10 bits per heavy atom. The molecule has 2 unspecified atom stereocenters. The third-order valence-corrected chi connectivity index (χ3v) is 3.19. The van der Waals surface area contributed by atoms with Gasteiger partial charge in [0.1, 0.15) is 6.61 Å². The van der Waals surface area contributed by atoms with Gasteiger partial charge in [0.25, 0.3) is 0 Å². The minimum Gasteiger partial charge on any atom is -0.369 e. The Balaban J connectivity index is 2.24. The Kier molecular flexibility index (Phi) is 7.29. The number of nitrogens with one attached hydrogen (secondary N) is 2. The van der Waals surface area contributed by atoms with Gasteiger partial charge in [-0.05, 0) is 38.6 Å². The summed E-state index contributed by atoms with van der Waals surface area (Å²) >= 11 is 0. The lowest BCUT2D eigenvalue weighted by Gasteiger charge is -2.30. The van der Waals surface area contributed by atoms with E-state index in [1.54, 1.807) is 0 Å². The summed E-state index contributed by atoms with van der Waals surface area (Å²) < 4.78 is 41.1. The second-order valence-electron chi connectivity index (χ2n) is 5.16. The highest BCUT2D eigenvalue weighted by atomic mass is 19.4. The van der Waals surface area contributed by atoms with Gasteiger partial charge in [0.15, 0.2) is 0 Å². The van der Waals surface area contributed by atoms with Gasteiger partial charge in [-0.25, -0.2) is 0 Å². The summed E-state index contributed by atoms with van der Waals surface area (Å²) in [4.78, 5) is 11.6. The van der Waals surface area contributed by atoms with Gasteiger partial charge in [-0.2, -0.15) is 13.2 Å². The van der Waals surface area contributed by atoms with Crippen LogP contribution in [0.25, 0.3) is 0 Å². The van der Waals surface area contributed by atoms with Gasteiger partial charge in [0, 0.05) is 6.04 Å². The summed E-state index contributed by atoms with van der Waals surface area (Å²) in [5.41, 5.74) is 0. The van der Waals surface area contributed by atoms with E-state index in [-0.39, 0.29) is 18.5 Å². The van der Waals surface area contributed by atoms with Gasteiger partial charge in [-0.3, -0.25) is 4.79 Å². The van der Waals surface area contributed by atoms with E-state index in [2.05, 4.69) is 10.6 Å². The third-order valence-electron chi connectivity index (χ3n) is 3.19. The summed E-state index contributed by atoms with van der Waals surface area (Å²) in [6.07, 6.45) is -1.11. The second-order valence-corrected chi connectivity index (χ2v) is 5.16. The van der Waals surface area contributed by atoms with Gasteiger partial charge in [-0.1, -0.05) is 6.92 Å². The topological polar surface area (TPSA) is 50.4 Å². The number of amides is 1. The Morgan fingerprint density at radius 1 is 1.35 bits per heavy atom. The number of carbonyl (C=O) groups is 1. The molecule has 1 fully saturated rings. The van der Waals surface area contributed by atoms with Crippen LogP contribution in [-0.4, -0.2) is 43.9 Å². The molecule has 20 heavy (non-hydrogen) atoms. The summed E-state index contributed by atoms with van der Waals surface area (Å²) in [6, 6.07) is -0.0853. The lowest BCUT2D eigenvalue weighted by Crippen LogP contribution is -2.44. The van der Waals surface area contributed by atoms with Crippen molar-refractivity contribution in [3.05, 3.63) is 0 Å². The molecule has 0 aromatic rings. The van der Waals surface area contributed by atoms with Crippen LogP contribution in [0.2, 0.25) is 0 Å². The normalized spacial score (nSPS) is 23.6. The highest BCUT2D eigenvalue weighted by molar-refractivity contribution is 5.78. The summed E-state index contributed by atoms with van der Waals surface area (Å²) in [5.74, 6) is -0.111. The lowest BCUT2D eigenvalue weighted by atomic mass is 9.93. The Bertz CT molecular complexity index is 298. The quantitative estimate of drug-likeness (QED) is 0.706. The van der Waals surface area contributed by atoms with E-state index in [0.29, 0.717) is 12.8 Å². The van der Waals surface area contributed by atoms with Gasteiger partial charge in [0.2, 0.25) is 5.91 Å². The predicted octanol–water partition coefficient (Wildman–Crippen LogP) is 1.99. The SMILES string of the molecule is CCCNCC(=O)NC1CCCC(OCC(F)(F)F)C1. The van der Waals surface area contributed by atoms with Gasteiger partial charge < -0.3 is 15.4 Å². The zero-order valence-electron chi connectivity index (χ0n) is 11.8. The van der Waals surface area contributed by atoms with Crippen LogP contribution >= 0.6 is 0 Å². The smallest absolute Gasteiger partial charge is 0.369 e. The molecule has 0 radical (unpaired) electrons. The molecule has 4 nitrogen and oxygen atoms in total. The Morgan fingerprint density at radius 3 is 2.75 bits per heavy atom. The van der Waals surface area contributed by atoms with Crippen LogP contribution in [0.1, 0.15) is 39.0 Å². The predicted molar refractivity (Wildman–Crippen MR) is 69.4 cm³/mol. The van der Waals surface area contributed by atoms with Crippen LogP contribution in [0, 0.1) is 0 Å². The molecule has 1 aliphatic carbocycles. The largest absolute Gasteiger partial charge is 0.411 e. The molecule has 0 saturated heterocycles. The highest BCUT2D eigenvalue weighted by Gasteiger charge is 2.31. The molecular weight excluding hydrogens is 273 g/mol. The first-order chi connectivity index (χ1) is 9.40. The van der Waals surface area contributed by atoms with Crippen molar-refractivity contribution in [2.75, 3.05) is 19.7 Å². The maximum atomic E-state index is 12.1. The Labute approximate surface area is 117 Å². The highest BCUT2D eigenvalue weighted by Crippen LogP contribution is 2.24. The molecule has 7 heteroatoms. The number of hydrogen-bond acceptors (Lipinski definition) is 3. The van der Waals surface area contributed by atoms with Crippen LogP contribution in [0.5, 0.6) is 0 Å². The van der Waals surface area contributed by atoms with E-state index in [1.807, 2.05) is 6.92 Å². The zero-order chi connectivity index (χ0) is 15.0. The molecule has 0 aliphatic heterocycles. The van der Waals surface area contributed by atoms with Crippen LogP contribution in [0.3, 0.4) is 0 Å². The second kappa shape index (κ2) is 8.46. The summed E-state index contributed by atoms with van der Waals surface area (Å²) in [6.45, 7) is 1.82. The van der Waals surface area contributed by atoms with E-state index in [9.17, 15) is 18.0 Å². The average Bonchev–Trinajstić information content (AvgIpc) is 2.36. The number of alkyl halides is 3. The molecular formula is C13H23F3N2O2. The zero-order valence-corrected chi connectivity index (χ0v) is 11.8. The first-order valence-corrected chi connectivity index (χ1v) is 7.09. The molecule has 0 spiro atoms. The molecule has 0 aromatic carbocycles. The number of hydrogen-bond donors (Lipinski definition) is 2. The standard InChI is InChI=1S/C13H23F3N2O2/c1-2-6-17-8-12(19)18-10-4-3-5-11(7-10)20-9-13(14,15)16/h10-11,17H,2-9H2,1H3,(H,18,19). The van der Waals surface area contributed by atoms with Gasteiger partial charge in [-0.15, -0.1) is 0 Å². The van der Waals surface area contributed by atoms with Crippen molar-refractivity contribution in [1.82, 2.24) is 10.6 Å². The van der Waals surface area contributed by atoms with Crippen molar-refractivity contribution in [2.24, 2.45) is 0 Å². The van der Waals surface area contributed by atoms with Crippen LogP contribution in [0.4, 0.5) is 13.2 Å². The van der Waals surface area contributed by atoms with Crippen molar-refractivity contribution in [1.29, 1.82) is 0 Å². The molecule has 0 heterocycles. The van der Waals surface area contributed by atoms with E-state index < -0.39 is 18.9 Å². The van der Waals surface area contributed by atoms with Crippen molar-refractivity contribution < 1.29 is 22.7 Å². The summed E-state index contributed by atoms with van der Waals surface area (Å²) in [5, 5.41) is 5.83. The first kappa shape index (κ1) is 17.2. The molecule has 0 aromatic heterocycles. The fourth-order valence-corrected chi connectivity index (χ4v) is 2.30. The van der Waals surface area contributed by atoms with Crippen LogP contribution < -0.4 is 10.6 Å². The van der Waals surface area contributed by atoms with Crippen molar-refractivity contribution >= 4 is 5.91 Å². The minimum absolute atomic E-state index is 0.0853. The fourth-order valence-electron chi connectivity index (χ4n) is 2.30. The molecule has 118 valence electrons. The molecule has 0 bridgehead atoms. The maximum absolute atomic E-state index is 12.1. The third kappa shape index (κ3) is 7.69. The van der Waals surface area contributed by atoms with Gasteiger partial charge >= 0.3 is 6.18 Å². The van der Waals surface area contributed by atoms with E-state index >= 15 is 0 Å². The van der Waals surface area contributed by atoms with Crippen molar-refractivity contribution in [3.63, 3.8) is 0 Å². The Hall–Kier alpha value is -0.820. The lowest BCUT2D eigenvalue weighted by molar-refractivity contribution is -0.188. The monoisotopic (exact) mass is 296 g/mol.